The number of nitrogens with two attached hydrogens (primary N) is 1. The molecule has 0 aromatic heterocycles. The molecular formula is C5H12N2O. The fourth-order valence-corrected chi connectivity index (χ4v) is 0.174. The highest BCUT2D eigenvalue weighted by atomic mass is 16.2. The molecule has 0 aliphatic rings. The molecule has 0 radical (unpaired) electrons. The minimum absolute atomic E-state index is 0.461. The second-order valence-electron chi connectivity index (χ2n) is 0.895. The van der Waals surface area contributed by atoms with Crippen LogP contribution in [0.3, 0.4) is 0 Å². The van der Waals surface area contributed by atoms with Crippen molar-refractivity contribution in [1.82, 2.24) is 5.32 Å². The van der Waals surface area contributed by atoms with Crippen LogP contribution in [0.2, 0.25) is 0 Å². The Labute approximate surface area is 49.6 Å². The van der Waals surface area contributed by atoms with E-state index in [0.717, 1.165) is 0 Å². The topological polar surface area (TPSA) is 55.1 Å². The van der Waals surface area contributed by atoms with E-state index in [-0.39, 0.29) is 0 Å². The van der Waals surface area contributed by atoms with Crippen molar-refractivity contribution in [2.45, 2.75) is 6.92 Å². The average molecular weight is 116 g/mol. The summed E-state index contributed by atoms with van der Waals surface area (Å²) in [4.78, 5) is 9.71. The van der Waals surface area contributed by atoms with Gasteiger partial charge in [-0.15, -0.1) is 13.2 Å². The maximum Gasteiger partial charge on any atom is 0.312 e. The molecule has 3 nitrogen and oxygen atoms in total. The average Bonchev–Trinajstić information content (AvgIpc) is 1.72. The first kappa shape index (κ1) is 10.1. The third-order valence-corrected chi connectivity index (χ3v) is 0.351. The van der Waals surface area contributed by atoms with Crippen molar-refractivity contribution in [2.75, 3.05) is 6.54 Å². The van der Waals surface area contributed by atoms with Crippen molar-refractivity contribution in [3.8, 4) is 0 Å². The predicted molar refractivity (Wildman–Crippen MR) is 34.5 cm³/mol. The Morgan fingerprint density at radius 3 is 2.12 bits per heavy atom. The van der Waals surface area contributed by atoms with Crippen molar-refractivity contribution in [3.63, 3.8) is 0 Å². The first-order chi connectivity index (χ1) is 3.77. The van der Waals surface area contributed by atoms with Gasteiger partial charge in [0.25, 0.3) is 0 Å². The summed E-state index contributed by atoms with van der Waals surface area (Å²) in [5.74, 6) is 0. The molecule has 8 heavy (non-hydrogen) atoms. The normalized spacial score (nSPS) is 6.12. The van der Waals surface area contributed by atoms with Crippen LogP contribution in [0.1, 0.15) is 6.92 Å². The van der Waals surface area contributed by atoms with Gasteiger partial charge in [0.2, 0.25) is 0 Å². The fraction of sp³-hybridized carbons (Fsp3) is 0.400. The third kappa shape index (κ3) is 19.9. The van der Waals surface area contributed by atoms with Crippen molar-refractivity contribution >= 4 is 6.03 Å². The van der Waals surface area contributed by atoms with E-state index < -0.39 is 6.03 Å². The van der Waals surface area contributed by atoms with Crippen LogP contribution in [0.25, 0.3) is 0 Å². The van der Waals surface area contributed by atoms with Crippen LogP contribution >= 0.6 is 0 Å². The van der Waals surface area contributed by atoms with Gasteiger partial charge in [0.1, 0.15) is 0 Å². The van der Waals surface area contributed by atoms with Crippen molar-refractivity contribution in [1.29, 1.82) is 0 Å². The first-order valence-electron chi connectivity index (χ1n) is 2.30. The van der Waals surface area contributed by atoms with E-state index in [1.54, 1.807) is 0 Å². The Kier molecular flexibility index (Phi) is 11.8. The monoisotopic (exact) mass is 116 g/mol. The summed E-state index contributed by atoms with van der Waals surface area (Å²) < 4.78 is 0. The molecule has 0 aliphatic carbocycles. The van der Waals surface area contributed by atoms with Gasteiger partial charge in [-0.25, -0.2) is 4.79 Å². The molecule has 0 aliphatic heterocycles. The van der Waals surface area contributed by atoms with Crippen LogP contribution in [0, 0.1) is 0 Å². The van der Waals surface area contributed by atoms with Crippen molar-refractivity contribution < 1.29 is 4.79 Å². The largest absolute Gasteiger partial charge is 0.352 e. The lowest BCUT2D eigenvalue weighted by Gasteiger charge is -1.88. The lowest BCUT2D eigenvalue weighted by atomic mass is 10.7. The number of carbonyl (C=O) groups excluding carboxylic acids is 1. The Bertz CT molecular complexity index is 63.4. The minimum atomic E-state index is -0.461. The molecule has 0 bridgehead atoms. The van der Waals surface area contributed by atoms with Crippen molar-refractivity contribution in [3.05, 3.63) is 13.2 Å². The van der Waals surface area contributed by atoms with E-state index in [4.69, 9.17) is 0 Å². The standard InChI is InChI=1S/C3H8N2O.C2H4/c1-2-5-3(4)6;1-2/h2H2,1H3,(H3,4,5,6);1-2H2. The number of primary amides is 1. The molecule has 0 rings (SSSR count). The minimum Gasteiger partial charge on any atom is -0.352 e. The zero-order valence-corrected chi connectivity index (χ0v) is 5.11. The molecule has 3 N–H and O–H groups in total. The van der Waals surface area contributed by atoms with E-state index in [1.165, 1.54) is 0 Å². The molecule has 3 heteroatoms. The summed E-state index contributed by atoms with van der Waals surface area (Å²) in [5.41, 5.74) is 4.65. The molecule has 0 aromatic rings. The summed E-state index contributed by atoms with van der Waals surface area (Å²) in [5, 5.41) is 2.35. The van der Waals surface area contributed by atoms with Gasteiger partial charge in [-0.1, -0.05) is 0 Å². The third-order valence-electron chi connectivity index (χ3n) is 0.351. The van der Waals surface area contributed by atoms with Gasteiger partial charge in [-0.05, 0) is 6.92 Å². The molecule has 0 heterocycles. The molecule has 0 saturated carbocycles. The maximum absolute atomic E-state index is 9.71. The predicted octanol–water partition coefficient (Wildman–Crippen LogP) is 0.477. The number of hydrogen-bond acceptors (Lipinski definition) is 1. The zero-order valence-electron chi connectivity index (χ0n) is 5.11. The van der Waals surface area contributed by atoms with Crippen LogP contribution in [0.5, 0.6) is 0 Å². The lowest BCUT2D eigenvalue weighted by molar-refractivity contribution is 0.249. The molecule has 0 spiro atoms. The van der Waals surface area contributed by atoms with Gasteiger partial charge in [0.15, 0.2) is 0 Å². The summed E-state index contributed by atoms with van der Waals surface area (Å²) in [7, 11) is 0. The van der Waals surface area contributed by atoms with Gasteiger partial charge in [0.05, 0.1) is 0 Å². The summed E-state index contributed by atoms with van der Waals surface area (Å²) in [6, 6.07) is -0.461. The first-order valence-corrected chi connectivity index (χ1v) is 2.30. The van der Waals surface area contributed by atoms with Crippen LogP contribution in [0.4, 0.5) is 4.79 Å². The summed E-state index contributed by atoms with van der Waals surface area (Å²) in [6.45, 7) is 8.42. The van der Waals surface area contributed by atoms with Crippen LogP contribution in [-0.4, -0.2) is 12.6 Å². The summed E-state index contributed by atoms with van der Waals surface area (Å²) >= 11 is 0. The second kappa shape index (κ2) is 9.38. The van der Waals surface area contributed by atoms with E-state index in [0.29, 0.717) is 6.54 Å². The molecule has 48 valence electrons. The molecule has 0 fully saturated rings. The molecule has 0 saturated heterocycles. The highest BCUT2D eigenvalue weighted by Gasteiger charge is 1.79. The van der Waals surface area contributed by atoms with Crippen LogP contribution in [-0.2, 0) is 0 Å². The van der Waals surface area contributed by atoms with E-state index in [1.807, 2.05) is 6.92 Å². The molecular weight excluding hydrogens is 104 g/mol. The smallest absolute Gasteiger partial charge is 0.312 e. The van der Waals surface area contributed by atoms with E-state index >= 15 is 0 Å². The number of hydrogen-bond donors (Lipinski definition) is 2. The fourth-order valence-electron chi connectivity index (χ4n) is 0.174. The van der Waals surface area contributed by atoms with Gasteiger partial charge in [-0.3, -0.25) is 0 Å². The number of nitrogens with one attached hydrogen (secondary N) is 1. The highest BCUT2D eigenvalue weighted by Crippen LogP contribution is 1.49. The Morgan fingerprint density at radius 1 is 1.75 bits per heavy atom. The van der Waals surface area contributed by atoms with Gasteiger partial charge < -0.3 is 11.1 Å². The highest BCUT2D eigenvalue weighted by molar-refractivity contribution is 5.71. The van der Waals surface area contributed by atoms with Gasteiger partial charge in [-0.2, -0.15) is 0 Å². The van der Waals surface area contributed by atoms with Crippen molar-refractivity contribution in [2.24, 2.45) is 5.73 Å². The zero-order chi connectivity index (χ0) is 6.99. The van der Waals surface area contributed by atoms with Gasteiger partial charge >= 0.3 is 6.03 Å². The van der Waals surface area contributed by atoms with Gasteiger partial charge in [0, 0.05) is 6.54 Å². The summed E-state index contributed by atoms with van der Waals surface area (Å²) in [6.07, 6.45) is 0. The lowest BCUT2D eigenvalue weighted by Crippen LogP contribution is -2.28. The molecule has 0 atom stereocenters. The van der Waals surface area contributed by atoms with E-state index in [9.17, 15) is 4.79 Å². The Hall–Kier alpha value is -0.990. The second-order valence-corrected chi connectivity index (χ2v) is 0.895. The van der Waals surface area contributed by atoms with Crippen LogP contribution < -0.4 is 11.1 Å². The number of carbonyl (C=O) groups is 1. The quantitative estimate of drug-likeness (QED) is 0.481. The number of urea groups is 1. The molecule has 0 aromatic carbocycles. The molecule has 0 unspecified atom stereocenters. The SMILES string of the molecule is C=C.CCNC(N)=O. The molecule has 2 amide bonds. The number of amides is 2. The number of rotatable bonds is 1. The maximum atomic E-state index is 9.71. The Balaban J connectivity index is 0. The van der Waals surface area contributed by atoms with Crippen LogP contribution in [0.15, 0.2) is 13.2 Å². The van der Waals surface area contributed by atoms with E-state index in [2.05, 4.69) is 24.2 Å². The Morgan fingerprint density at radius 2 is 2.12 bits per heavy atom.